The zero-order valence-electron chi connectivity index (χ0n) is 14.6. The first-order valence-corrected chi connectivity index (χ1v) is 9.39. The van der Waals surface area contributed by atoms with Crippen molar-refractivity contribution in [1.82, 2.24) is 0 Å². The predicted molar refractivity (Wildman–Crippen MR) is 97.1 cm³/mol. The van der Waals surface area contributed by atoms with Crippen LogP contribution in [0, 0.1) is 11.8 Å². The van der Waals surface area contributed by atoms with Gasteiger partial charge in [-0.15, -0.1) is 0 Å². The minimum atomic E-state index is -0.142. The van der Waals surface area contributed by atoms with E-state index in [-0.39, 0.29) is 36.6 Å². The van der Waals surface area contributed by atoms with Crippen LogP contribution in [-0.2, 0) is 11.2 Å². The molecular formula is C21H26FNO2. The van der Waals surface area contributed by atoms with E-state index in [9.17, 15) is 9.50 Å². The van der Waals surface area contributed by atoms with Crippen molar-refractivity contribution in [2.45, 2.75) is 50.9 Å². The molecule has 1 aliphatic carbocycles. The number of aryl methyl sites for hydroxylation is 1. The molecule has 2 heterocycles. The molecule has 3 nitrogen and oxygen atoms in total. The largest absolute Gasteiger partial charge is 0.394 e. The monoisotopic (exact) mass is 343 g/mol. The summed E-state index contributed by atoms with van der Waals surface area (Å²) in [6.07, 6.45) is 8.77. The van der Waals surface area contributed by atoms with Crippen LogP contribution < -0.4 is 5.32 Å². The Morgan fingerprint density at radius 3 is 2.92 bits per heavy atom. The molecule has 4 heteroatoms. The Balaban J connectivity index is 1.68. The van der Waals surface area contributed by atoms with Gasteiger partial charge in [0.05, 0.1) is 18.8 Å². The summed E-state index contributed by atoms with van der Waals surface area (Å²) in [5, 5.41) is 13.3. The van der Waals surface area contributed by atoms with Gasteiger partial charge in [0.2, 0.25) is 0 Å². The summed E-state index contributed by atoms with van der Waals surface area (Å²) >= 11 is 0. The number of hydrogen-bond donors (Lipinski definition) is 2. The van der Waals surface area contributed by atoms with Crippen molar-refractivity contribution in [2.24, 2.45) is 11.8 Å². The number of hydrogen-bond acceptors (Lipinski definition) is 3. The van der Waals surface area contributed by atoms with E-state index in [1.54, 1.807) is 12.2 Å². The molecule has 0 amide bonds. The highest BCUT2D eigenvalue weighted by Crippen LogP contribution is 2.48. The maximum absolute atomic E-state index is 13.4. The highest BCUT2D eigenvalue weighted by atomic mass is 19.1. The van der Waals surface area contributed by atoms with Gasteiger partial charge in [-0.3, -0.25) is 0 Å². The molecule has 1 saturated heterocycles. The number of fused-ring (bicyclic) bond motifs is 3. The minimum absolute atomic E-state index is 0.00260. The molecule has 1 fully saturated rings. The van der Waals surface area contributed by atoms with E-state index in [0.29, 0.717) is 5.92 Å². The highest BCUT2D eigenvalue weighted by Gasteiger charge is 2.43. The number of anilines is 1. The summed E-state index contributed by atoms with van der Waals surface area (Å²) in [7, 11) is 0. The number of allylic oxidation sites excluding steroid dienone is 3. The van der Waals surface area contributed by atoms with Gasteiger partial charge in [0.25, 0.3) is 0 Å². The lowest BCUT2D eigenvalue weighted by molar-refractivity contribution is -0.112. The third kappa shape index (κ3) is 3.13. The van der Waals surface area contributed by atoms with E-state index >= 15 is 0 Å². The quantitative estimate of drug-likeness (QED) is 0.860. The maximum atomic E-state index is 13.4. The lowest BCUT2D eigenvalue weighted by atomic mass is 9.73. The summed E-state index contributed by atoms with van der Waals surface area (Å²) < 4.78 is 19.7. The average Bonchev–Trinajstić information content (AvgIpc) is 2.67. The Labute approximate surface area is 148 Å². The topological polar surface area (TPSA) is 41.5 Å². The second-order valence-electron chi connectivity index (χ2n) is 7.40. The molecule has 1 aromatic carbocycles. The van der Waals surface area contributed by atoms with E-state index in [1.165, 1.54) is 11.1 Å². The number of ether oxygens (including phenoxy) is 1. The Morgan fingerprint density at radius 1 is 1.32 bits per heavy atom. The summed E-state index contributed by atoms with van der Waals surface area (Å²) in [4.78, 5) is 0. The third-order valence-corrected chi connectivity index (χ3v) is 5.92. The van der Waals surface area contributed by atoms with E-state index in [1.807, 2.05) is 6.08 Å². The Morgan fingerprint density at radius 2 is 2.20 bits per heavy atom. The van der Waals surface area contributed by atoms with Gasteiger partial charge in [0.1, 0.15) is 5.83 Å². The molecule has 1 aromatic rings. The molecule has 134 valence electrons. The van der Waals surface area contributed by atoms with Gasteiger partial charge in [-0.1, -0.05) is 25.1 Å². The van der Waals surface area contributed by atoms with Crippen molar-refractivity contribution in [3.05, 3.63) is 53.4 Å². The van der Waals surface area contributed by atoms with Gasteiger partial charge in [-0.2, -0.15) is 0 Å². The van der Waals surface area contributed by atoms with Gasteiger partial charge >= 0.3 is 0 Å². The average molecular weight is 343 g/mol. The third-order valence-electron chi connectivity index (χ3n) is 5.92. The number of aliphatic hydroxyl groups excluding tert-OH is 1. The van der Waals surface area contributed by atoms with Gasteiger partial charge in [0.15, 0.2) is 0 Å². The smallest absolute Gasteiger partial charge is 0.118 e. The summed E-state index contributed by atoms with van der Waals surface area (Å²) in [6, 6.07) is 6.77. The Hall–Kier alpha value is -1.65. The molecule has 2 aliphatic heterocycles. The molecule has 0 saturated carbocycles. The van der Waals surface area contributed by atoms with Crippen LogP contribution in [0.3, 0.4) is 0 Å². The predicted octanol–water partition coefficient (Wildman–Crippen LogP) is 4.30. The summed E-state index contributed by atoms with van der Waals surface area (Å²) in [5.74, 6) is 0.462. The molecule has 25 heavy (non-hydrogen) atoms. The van der Waals surface area contributed by atoms with E-state index < -0.39 is 0 Å². The molecule has 2 N–H and O–H groups in total. The molecule has 3 aliphatic rings. The number of halogens is 1. The van der Waals surface area contributed by atoms with Crippen molar-refractivity contribution in [1.29, 1.82) is 0 Å². The minimum Gasteiger partial charge on any atom is -0.394 e. The van der Waals surface area contributed by atoms with Crippen LogP contribution in [0.15, 0.2) is 42.3 Å². The molecule has 4 rings (SSSR count). The van der Waals surface area contributed by atoms with E-state index in [4.69, 9.17) is 4.74 Å². The number of nitrogens with one attached hydrogen (secondary N) is 1. The summed E-state index contributed by atoms with van der Waals surface area (Å²) in [6.45, 7) is 2.23. The number of benzene rings is 1. The first-order valence-electron chi connectivity index (χ1n) is 9.39. The van der Waals surface area contributed by atoms with Crippen LogP contribution in [0.1, 0.15) is 43.4 Å². The lowest BCUT2D eigenvalue weighted by Crippen LogP contribution is -2.47. The van der Waals surface area contributed by atoms with Gasteiger partial charge in [-0.05, 0) is 49.5 Å². The normalized spacial score (nSPS) is 33.9. The fraction of sp³-hybridized carbons (Fsp3) is 0.524. The second kappa shape index (κ2) is 6.93. The van der Waals surface area contributed by atoms with Crippen LogP contribution in [0.5, 0.6) is 0 Å². The highest BCUT2D eigenvalue weighted by molar-refractivity contribution is 5.57. The van der Waals surface area contributed by atoms with Crippen molar-refractivity contribution < 1.29 is 14.2 Å². The van der Waals surface area contributed by atoms with Crippen LogP contribution in [0.25, 0.3) is 0 Å². The van der Waals surface area contributed by atoms with Crippen LogP contribution in [0.4, 0.5) is 10.1 Å². The van der Waals surface area contributed by atoms with Gasteiger partial charge in [0, 0.05) is 29.1 Å². The first kappa shape index (κ1) is 16.8. The zero-order valence-corrected chi connectivity index (χ0v) is 14.6. The van der Waals surface area contributed by atoms with Gasteiger partial charge in [-0.25, -0.2) is 4.39 Å². The van der Waals surface area contributed by atoms with Crippen LogP contribution in [-0.4, -0.2) is 23.9 Å². The van der Waals surface area contributed by atoms with Gasteiger partial charge < -0.3 is 15.2 Å². The summed E-state index contributed by atoms with van der Waals surface area (Å²) in [5.41, 5.74) is 3.63. The van der Waals surface area contributed by atoms with Crippen molar-refractivity contribution >= 4 is 5.69 Å². The molecule has 0 radical (unpaired) electrons. The molecular weight excluding hydrogens is 317 g/mol. The van der Waals surface area contributed by atoms with Crippen LogP contribution >= 0.6 is 0 Å². The molecule has 0 aromatic heterocycles. The fourth-order valence-corrected chi connectivity index (χ4v) is 4.50. The second-order valence-corrected chi connectivity index (χ2v) is 7.40. The molecule has 1 unspecified atom stereocenters. The Kier molecular flexibility index (Phi) is 4.65. The molecule has 5 atom stereocenters. The maximum Gasteiger partial charge on any atom is 0.118 e. The van der Waals surface area contributed by atoms with Crippen molar-refractivity contribution in [2.75, 3.05) is 11.9 Å². The van der Waals surface area contributed by atoms with E-state index in [0.717, 1.165) is 31.4 Å². The number of rotatable bonds is 3. The fourth-order valence-electron chi connectivity index (χ4n) is 4.50. The zero-order chi connectivity index (χ0) is 17.4. The van der Waals surface area contributed by atoms with Crippen molar-refractivity contribution in [3.63, 3.8) is 0 Å². The molecule has 0 bridgehead atoms. The number of aliphatic hydroxyl groups is 1. The molecule has 0 spiro atoms. The van der Waals surface area contributed by atoms with E-state index in [2.05, 4.69) is 30.4 Å². The Bertz CT molecular complexity index is 699. The lowest BCUT2D eigenvalue weighted by Gasteiger charge is -2.47. The standard InChI is InChI=1S/C21H26FNO2/c1-2-13-3-10-19-18(11-13)21-17(9-8-16(12-24)25-21)20(23-19)14-4-6-15(22)7-5-14/h3-4,6-7,10-11,14,16-17,20-21,23-24H,2,5,8-9,12H2,1H3/t14?,16-,17-,20+,21-/m1/s1. The van der Waals surface area contributed by atoms with Crippen molar-refractivity contribution in [3.8, 4) is 0 Å². The van der Waals surface area contributed by atoms with Crippen LogP contribution in [0.2, 0.25) is 0 Å². The SMILES string of the molecule is CCc1ccc2c(c1)[C@@H]1O[C@@H](CO)CC[C@@H]1[C@H](C1C=CC(F)=CC1)N2. The first-order chi connectivity index (χ1) is 12.2.